The first-order chi connectivity index (χ1) is 11.9. The van der Waals surface area contributed by atoms with E-state index in [1.165, 1.54) is 0 Å². The first-order valence-corrected chi connectivity index (χ1v) is 9.13. The number of aliphatic hydroxyl groups excluding tert-OH is 1. The Balaban J connectivity index is 0.00000338. The summed E-state index contributed by atoms with van der Waals surface area (Å²) in [5, 5.41) is 19.5. The van der Waals surface area contributed by atoms with Gasteiger partial charge in [0.1, 0.15) is 0 Å². The van der Waals surface area contributed by atoms with Gasteiger partial charge in [0.05, 0.1) is 18.8 Å². The highest BCUT2D eigenvalue weighted by Gasteiger charge is 2.19. The summed E-state index contributed by atoms with van der Waals surface area (Å²) >= 11 is 0. The first-order valence-electron chi connectivity index (χ1n) is 9.13. The molecule has 1 fully saturated rings. The standard InChI is InChI=1S/C19H32N2O4.2ClH/c1-14(2)24-17-11-16(12-18(19(17)23)25-15(3)4)13-21-7-5-20(6-8-21)9-10-22;;/h11-12,14-15,22-23H,5-10,13H2,1-4H3;2*1H. The van der Waals surface area contributed by atoms with Crippen molar-refractivity contribution in [3.8, 4) is 17.2 Å². The fourth-order valence-electron chi connectivity index (χ4n) is 2.99. The van der Waals surface area contributed by atoms with E-state index < -0.39 is 0 Å². The van der Waals surface area contributed by atoms with Crippen molar-refractivity contribution in [3.05, 3.63) is 17.7 Å². The number of piperazine rings is 1. The molecule has 0 radical (unpaired) electrons. The van der Waals surface area contributed by atoms with Crippen LogP contribution in [-0.4, -0.2) is 71.6 Å². The van der Waals surface area contributed by atoms with Gasteiger partial charge in [-0.2, -0.15) is 0 Å². The number of nitrogens with zero attached hydrogens (tertiary/aromatic N) is 2. The van der Waals surface area contributed by atoms with Gasteiger partial charge in [-0.05, 0) is 45.4 Å². The van der Waals surface area contributed by atoms with Gasteiger partial charge in [-0.25, -0.2) is 0 Å². The van der Waals surface area contributed by atoms with E-state index in [0.717, 1.165) is 44.8 Å². The van der Waals surface area contributed by atoms with Gasteiger partial charge in [-0.1, -0.05) is 0 Å². The number of hydrogen-bond acceptors (Lipinski definition) is 6. The van der Waals surface area contributed by atoms with E-state index in [2.05, 4.69) is 9.80 Å². The van der Waals surface area contributed by atoms with Crippen LogP contribution in [0.5, 0.6) is 17.2 Å². The van der Waals surface area contributed by atoms with E-state index in [1.807, 2.05) is 39.8 Å². The van der Waals surface area contributed by atoms with Gasteiger partial charge in [-0.15, -0.1) is 24.8 Å². The summed E-state index contributed by atoms with van der Waals surface area (Å²) in [6.45, 7) is 13.3. The van der Waals surface area contributed by atoms with Crippen LogP contribution in [0, 0.1) is 0 Å². The SMILES string of the molecule is CC(C)Oc1cc(CN2CCN(CCO)CC2)cc(OC(C)C)c1O.Cl.Cl. The Kier molecular flexibility index (Phi) is 12.1. The van der Waals surface area contributed by atoms with E-state index in [0.29, 0.717) is 11.5 Å². The summed E-state index contributed by atoms with van der Waals surface area (Å²) in [7, 11) is 0. The lowest BCUT2D eigenvalue weighted by Gasteiger charge is -2.34. The van der Waals surface area contributed by atoms with Crippen LogP contribution in [0.25, 0.3) is 0 Å². The first kappa shape index (κ1) is 26.1. The number of phenolic OH excluding ortho intramolecular Hbond substituents is 1. The van der Waals surface area contributed by atoms with Crippen LogP contribution in [0.1, 0.15) is 33.3 Å². The zero-order valence-corrected chi connectivity index (χ0v) is 18.3. The minimum Gasteiger partial charge on any atom is -0.502 e. The van der Waals surface area contributed by atoms with E-state index >= 15 is 0 Å². The molecule has 0 aliphatic carbocycles. The maximum Gasteiger partial charge on any atom is 0.200 e. The van der Waals surface area contributed by atoms with Crippen molar-refractivity contribution in [3.63, 3.8) is 0 Å². The third kappa shape index (κ3) is 8.32. The van der Waals surface area contributed by atoms with E-state index in [1.54, 1.807) is 0 Å². The van der Waals surface area contributed by atoms with Crippen molar-refractivity contribution in [1.29, 1.82) is 0 Å². The third-order valence-corrected chi connectivity index (χ3v) is 4.11. The molecule has 1 heterocycles. The van der Waals surface area contributed by atoms with Crippen molar-refractivity contribution >= 4 is 24.8 Å². The summed E-state index contributed by atoms with van der Waals surface area (Å²) in [4.78, 5) is 4.65. The van der Waals surface area contributed by atoms with Crippen LogP contribution in [-0.2, 0) is 6.54 Å². The molecule has 8 heteroatoms. The normalized spacial score (nSPS) is 15.4. The molecule has 6 nitrogen and oxygen atoms in total. The minimum atomic E-state index is -0.0184. The molecule has 27 heavy (non-hydrogen) atoms. The van der Waals surface area contributed by atoms with E-state index in [4.69, 9.17) is 14.6 Å². The zero-order valence-electron chi connectivity index (χ0n) is 16.7. The zero-order chi connectivity index (χ0) is 18.4. The average Bonchev–Trinajstić information content (AvgIpc) is 2.53. The lowest BCUT2D eigenvalue weighted by atomic mass is 10.1. The fourth-order valence-corrected chi connectivity index (χ4v) is 2.99. The smallest absolute Gasteiger partial charge is 0.200 e. The maximum absolute atomic E-state index is 10.4. The lowest BCUT2D eigenvalue weighted by Crippen LogP contribution is -2.46. The number of benzene rings is 1. The van der Waals surface area contributed by atoms with Gasteiger partial charge in [0.2, 0.25) is 5.75 Å². The Morgan fingerprint density at radius 2 is 1.33 bits per heavy atom. The molecule has 1 aromatic rings. The number of aromatic hydroxyl groups is 1. The minimum absolute atomic E-state index is 0. The van der Waals surface area contributed by atoms with Crippen molar-refractivity contribution in [2.24, 2.45) is 0 Å². The van der Waals surface area contributed by atoms with Gasteiger partial charge in [0, 0.05) is 39.3 Å². The summed E-state index contributed by atoms with van der Waals surface area (Å²) in [5.74, 6) is 1.02. The Morgan fingerprint density at radius 1 is 0.889 bits per heavy atom. The highest BCUT2D eigenvalue weighted by atomic mass is 35.5. The third-order valence-electron chi connectivity index (χ3n) is 4.11. The number of halogens is 2. The second kappa shape index (κ2) is 12.5. The molecule has 0 spiro atoms. The number of ether oxygens (including phenoxy) is 2. The van der Waals surface area contributed by atoms with Gasteiger partial charge in [-0.3, -0.25) is 9.80 Å². The summed E-state index contributed by atoms with van der Waals surface area (Å²) < 4.78 is 11.5. The van der Waals surface area contributed by atoms with E-state index in [-0.39, 0.29) is 49.4 Å². The van der Waals surface area contributed by atoms with Crippen LogP contribution >= 0.6 is 24.8 Å². The molecule has 0 saturated carbocycles. The van der Waals surface area contributed by atoms with Gasteiger partial charge >= 0.3 is 0 Å². The molecule has 1 saturated heterocycles. The number of rotatable bonds is 8. The van der Waals surface area contributed by atoms with Gasteiger partial charge in [0.25, 0.3) is 0 Å². The molecular formula is C19H34Cl2N2O4. The molecule has 2 N–H and O–H groups in total. The Morgan fingerprint density at radius 3 is 1.74 bits per heavy atom. The van der Waals surface area contributed by atoms with Crippen LogP contribution < -0.4 is 9.47 Å². The Labute approximate surface area is 175 Å². The van der Waals surface area contributed by atoms with Crippen LogP contribution in [0.3, 0.4) is 0 Å². The quantitative estimate of drug-likeness (QED) is 0.668. The highest BCUT2D eigenvalue weighted by Crippen LogP contribution is 2.39. The lowest BCUT2D eigenvalue weighted by molar-refractivity contribution is 0.108. The van der Waals surface area contributed by atoms with Gasteiger partial charge in [0.15, 0.2) is 11.5 Å². The van der Waals surface area contributed by atoms with Crippen LogP contribution in [0.15, 0.2) is 12.1 Å². The molecule has 158 valence electrons. The maximum atomic E-state index is 10.4. The van der Waals surface area contributed by atoms with Crippen LogP contribution in [0.4, 0.5) is 0 Å². The summed E-state index contributed by atoms with van der Waals surface area (Å²) in [5.41, 5.74) is 1.07. The molecule has 0 aromatic heterocycles. The van der Waals surface area contributed by atoms with Crippen LogP contribution in [0.2, 0.25) is 0 Å². The topological polar surface area (TPSA) is 65.4 Å². The Hall–Kier alpha value is -0.920. The average molecular weight is 425 g/mol. The largest absolute Gasteiger partial charge is 0.502 e. The molecule has 0 atom stereocenters. The van der Waals surface area contributed by atoms with Gasteiger partial charge < -0.3 is 19.7 Å². The molecule has 2 rings (SSSR count). The number of phenols is 1. The number of β-amino-alcohol motifs (C(OH)–C–C–N with tert-alkyl or cyclic N) is 1. The second-order valence-corrected chi connectivity index (χ2v) is 7.12. The second-order valence-electron chi connectivity index (χ2n) is 7.12. The molecular weight excluding hydrogens is 391 g/mol. The highest BCUT2D eigenvalue weighted by molar-refractivity contribution is 5.85. The molecule has 0 bridgehead atoms. The monoisotopic (exact) mass is 424 g/mol. The van der Waals surface area contributed by atoms with Crippen molar-refractivity contribution < 1.29 is 19.7 Å². The molecule has 1 aliphatic heterocycles. The summed E-state index contributed by atoms with van der Waals surface area (Å²) in [6.07, 6.45) is -0.0369. The van der Waals surface area contributed by atoms with Crippen molar-refractivity contribution in [2.75, 3.05) is 39.3 Å². The Bertz CT molecular complexity index is 520. The fraction of sp³-hybridized carbons (Fsp3) is 0.684. The molecule has 1 aromatic carbocycles. The van der Waals surface area contributed by atoms with Crippen molar-refractivity contribution in [1.82, 2.24) is 9.80 Å². The number of aliphatic hydroxyl groups is 1. The molecule has 0 amide bonds. The number of hydrogen-bond donors (Lipinski definition) is 2. The predicted octanol–water partition coefficient (Wildman–Crippen LogP) is 2.92. The van der Waals surface area contributed by atoms with Crippen molar-refractivity contribution in [2.45, 2.75) is 46.4 Å². The molecule has 1 aliphatic rings. The van der Waals surface area contributed by atoms with E-state index in [9.17, 15) is 5.11 Å². The summed E-state index contributed by atoms with van der Waals surface area (Å²) in [6, 6.07) is 3.81. The predicted molar refractivity (Wildman–Crippen MR) is 113 cm³/mol. The molecule has 0 unspecified atom stereocenters.